The fourth-order valence-electron chi connectivity index (χ4n) is 3.22. The van der Waals surface area contributed by atoms with Crippen molar-refractivity contribution in [3.8, 4) is 22.6 Å². The molecule has 3 aromatic rings. The monoisotopic (exact) mass is 382 g/mol. The SMILES string of the molecule is Cn1ccnc1-c1nc(NCCN2CCOCC2)ncc1-c1ccc(F)cc1. The average Bonchev–Trinajstić information content (AvgIpc) is 3.15. The van der Waals surface area contributed by atoms with Gasteiger partial charge in [0.2, 0.25) is 5.95 Å². The molecule has 8 heteroatoms. The zero-order valence-corrected chi connectivity index (χ0v) is 15.8. The number of morpholine rings is 1. The van der Waals surface area contributed by atoms with Gasteiger partial charge in [0.1, 0.15) is 11.5 Å². The molecule has 1 saturated heterocycles. The molecule has 0 atom stereocenters. The molecule has 0 spiro atoms. The van der Waals surface area contributed by atoms with Gasteiger partial charge in [-0.15, -0.1) is 0 Å². The van der Waals surface area contributed by atoms with E-state index >= 15 is 0 Å². The summed E-state index contributed by atoms with van der Waals surface area (Å²) in [7, 11) is 1.92. The van der Waals surface area contributed by atoms with Gasteiger partial charge in [0.25, 0.3) is 0 Å². The van der Waals surface area contributed by atoms with Crippen molar-refractivity contribution in [3.63, 3.8) is 0 Å². The zero-order valence-electron chi connectivity index (χ0n) is 15.8. The van der Waals surface area contributed by atoms with Crippen molar-refractivity contribution in [2.24, 2.45) is 7.05 Å². The molecule has 3 heterocycles. The Morgan fingerprint density at radius 3 is 2.64 bits per heavy atom. The summed E-state index contributed by atoms with van der Waals surface area (Å²) in [5.41, 5.74) is 2.37. The van der Waals surface area contributed by atoms with E-state index in [1.54, 1.807) is 24.5 Å². The molecule has 146 valence electrons. The van der Waals surface area contributed by atoms with Gasteiger partial charge in [-0.05, 0) is 17.7 Å². The van der Waals surface area contributed by atoms with Crippen molar-refractivity contribution >= 4 is 5.95 Å². The third kappa shape index (κ3) is 4.18. The molecule has 0 aliphatic carbocycles. The summed E-state index contributed by atoms with van der Waals surface area (Å²) in [6.07, 6.45) is 5.37. The van der Waals surface area contributed by atoms with Crippen LogP contribution in [-0.2, 0) is 11.8 Å². The second kappa shape index (κ2) is 8.45. The number of aryl methyl sites for hydroxylation is 1. The van der Waals surface area contributed by atoms with Gasteiger partial charge in [-0.3, -0.25) is 4.90 Å². The first-order valence-electron chi connectivity index (χ1n) is 9.35. The third-order valence-electron chi connectivity index (χ3n) is 4.79. The van der Waals surface area contributed by atoms with Crippen LogP contribution >= 0.6 is 0 Å². The molecule has 0 unspecified atom stereocenters. The Hall–Kier alpha value is -2.84. The van der Waals surface area contributed by atoms with Crippen LogP contribution in [0.5, 0.6) is 0 Å². The first-order valence-corrected chi connectivity index (χ1v) is 9.35. The lowest BCUT2D eigenvalue weighted by Crippen LogP contribution is -2.39. The van der Waals surface area contributed by atoms with E-state index in [4.69, 9.17) is 9.72 Å². The van der Waals surface area contributed by atoms with E-state index in [1.165, 1.54) is 12.1 Å². The highest BCUT2D eigenvalue weighted by molar-refractivity contribution is 5.78. The Morgan fingerprint density at radius 2 is 1.93 bits per heavy atom. The number of halogens is 1. The van der Waals surface area contributed by atoms with E-state index in [2.05, 4.69) is 20.2 Å². The van der Waals surface area contributed by atoms with E-state index in [0.29, 0.717) is 11.6 Å². The highest BCUT2D eigenvalue weighted by Gasteiger charge is 2.16. The van der Waals surface area contributed by atoms with Crippen LogP contribution in [0.1, 0.15) is 0 Å². The van der Waals surface area contributed by atoms with Crippen LogP contribution in [0.15, 0.2) is 42.9 Å². The Labute approximate surface area is 163 Å². The molecule has 1 aliphatic rings. The van der Waals surface area contributed by atoms with Crippen LogP contribution in [0.3, 0.4) is 0 Å². The minimum atomic E-state index is -0.274. The number of anilines is 1. The standard InChI is InChI=1S/C20H23FN6O/c1-26-8-6-22-19(26)18-17(15-2-4-16(21)5-3-15)14-24-20(25-18)23-7-9-27-10-12-28-13-11-27/h2-6,8,14H,7,9-13H2,1H3,(H,23,24,25). The minimum absolute atomic E-state index is 0.274. The molecule has 1 N–H and O–H groups in total. The minimum Gasteiger partial charge on any atom is -0.379 e. The van der Waals surface area contributed by atoms with Crippen molar-refractivity contribution in [3.05, 3.63) is 48.7 Å². The first-order chi connectivity index (χ1) is 13.7. The summed E-state index contributed by atoms with van der Waals surface area (Å²) in [5.74, 6) is 1.01. The second-order valence-electron chi connectivity index (χ2n) is 6.71. The van der Waals surface area contributed by atoms with Crippen LogP contribution < -0.4 is 5.32 Å². The largest absolute Gasteiger partial charge is 0.379 e. The van der Waals surface area contributed by atoms with Crippen molar-refractivity contribution in [2.75, 3.05) is 44.7 Å². The lowest BCUT2D eigenvalue weighted by atomic mass is 10.1. The molecule has 0 saturated carbocycles. The number of rotatable bonds is 6. The number of nitrogens with one attached hydrogen (secondary N) is 1. The number of benzene rings is 1. The van der Waals surface area contributed by atoms with Crippen molar-refractivity contribution in [1.82, 2.24) is 24.4 Å². The fourth-order valence-corrected chi connectivity index (χ4v) is 3.22. The van der Waals surface area contributed by atoms with Gasteiger partial charge < -0.3 is 14.6 Å². The molecule has 1 fully saturated rings. The molecule has 1 aromatic carbocycles. The summed E-state index contributed by atoms with van der Waals surface area (Å²) in [6, 6.07) is 6.33. The topological polar surface area (TPSA) is 68.1 Å². The Balaban J connectivity index is 1.57. The molecule has 0 amide bonds. The Bertz CT molecular complexity index is 921. The second-order valence-corrected chi connectivity index (χ2v) is 6.71. The highest BCUT2D eigenvalue weighted by Crippen LogP contribution is 2.29. The van der Waals surface area contributed by atoms with Gasteiger partial charge in [0.05, 0.1) is 13.2 Å². The molecule has 7 nitrogen and oxygen atoms in total. The van der Waals surface area contributed by atoms with E-state index in [1.807, 2.05) is 17.8 Å². The summed E-state index contributed by atoms with van der Waals surface area (Å²) < 4.78 is 20.6. The van der Waals surface area contributed by atoms with Gasteiger partial charge in [0, 0.05) is 57.4 Å². The normalized spacial score (nSPS) is 14.9. The molecule has 1 aliphatic heterocycles. The smallest absolute Gasteiger partial charge is 0.223 e. The van der Waals surface area contributed by atoms with E-state index in [0.717, 1.165) is 56.3 Å². The number of nitrogens with zero attached hydrogens (tertiary/aromatic N) is 5. The number of hydrogen-bond acceptors (Lipinski definition) is 6. The predicted molar refractivity (Wildman–Crippen MR) is 105 cm³/mol. The van der Waals surface area contributed by atoms with Gasteiger partial charge in [-0.2, -0.15) is 0 Å². The van der Waals surface area contributed by atoms with Crippen LogP contribution in [0.2, 0.25) is 0 Å². The van der Waals surface area contributed by atoms with Crippen LogP contribution in [0.25, 0.3) is 22.6 Å². The van der Waals surface area contributed by atoms with E-state index in [9.17, 15) is 4.39 Å². The van der Waals surface area contributed by atoms with Gasteiger partial charge in [0.15, 0.2) is 5.82 Å². The molecule has 4 rings (SSSR count). The number of ether oxygens (including phenoxy) is 1. The maximum Gasteiger partial charge on any atom is 0.223 e. The fraction of sp³-hybridized carbons (Fsp3) is 0.350. The van der Waals surface area contributed by atoms with Crippen LogP contribution in [0.4, 0.5) is 10.3 Å². The Morgan fingerprint density at radius 1 is 1.14 bits per heavy atom. The van der Waals surface area contributed by atoms with Gasteiger partial charge >= 0.3 is 0 Å². The summed E-state index contributed by atoms with van der Waals surface area (Å²) in [4.78, 5) is 16.0. The van der Waals surface area contributed by atoms with Crippen molar-refractivity contribution in [2.45, 2.75) is 0 Å². The molecule has 0 radical (unpaired) electrons. The molecule has 2 aromatic heterocycles. The summed E-state index contributed by atoms with van der Waals surface area (Å²) in [5, 5.41) is 3.30. The number of hydrogen-bond donors (Lipinski definition) is 1. The van der Waals surface area contributed by atoms with Gasteiger partial charge in [-0.25, -0.2) is 19.3 Å². The highest BCUT2D eigenvalue weighted by atomic mass is 19.1. The molecule has 28 heavy (non-hydrogen) atoms. The van der Waals surface area contributed by atoms with Crippen molar-refractivity contribution in [1.29, 1.82) is 0 Å². The molecular weight excluding hydrogens is 359 g/mol. The maximum absolute atomic E-state index is 13.3. The number of imidazole rings is 1. The van der Waals surface area contributed by atoms with E-state index < -0.39 is 0 Å². The van der Waals surface area contributed by atoms with E-state index in [-0.39, 0.29) is 5.82 Å². The summed E-state index contributed by atoms with van der Waals surface area (Å²) >= 11 is 0. The molecular formula is C20H23FN6O. The predicted octanol–water partition coefficient (Wildman–Crippen LogP) is 2.43. The van der Waals surface area contributed by atoms with Crippen LogP contribution in [-0.4, -0.2) is 63.8 Å². The lowest BCUT2D eigenvalue weighted by Gasteiger charge is -2.26. The van der Waals surface area contributed by atoms with Crippen molar-refractivity contribution < 1.29 is 9.13 Å². The number of aromatic nitrogens is 4. The average molecular weight is 382 g/mol. The quantitative estimate of drug-likeness (QED) is 0.706. The maximum atomic E-state index is 13.3. The molecule has 0 bridgehead atoms. The summed E-state index contributed by atoms with van der Waals surface area (Å²) in [6.45, 7) is 5.12. The zero-order chi connectivity index (χ0) is 19.3. The third-order valence-corrected chi connectivity index (χ3v) is 4.79. The van der Waals surface area contributed by atoms with Gasteiger partial charge in [-0.1, -0.05) is 12.1 Å². The Kier molecular flexibility index (Phi) is 5.59. The first kappa shape index (κ1) is 18.5. The lowest BCUT2D eigenvalue weighted by molar-refractivity contribution is 0.0398. The van der Waals surface area contributed by atoms with Crippen LogP contribution in [0, 0.1) is 5.82 Å².